The standard InChI is InChI=1S/C9H8ClN3O/c1-6(10)9-12-8(13-14-9)7-4-2-3-5-11-7/h2-6H,1H3. The van der Waals surface area contributed by atoms with Gasteiger partial charge < -0.3 is 4.52 Å². The van der Waals surface area contributed by atoms with Gasteiger partial charge in [-0.2, -0.15) is 4.98 Å². The molecule has 5 heteroatoms. The summed E-state index contributed by atoms with van der Waals surface area (Å²) < 4.78 is 4.95. The largest absolute Gasteiger partial charge is 0.337 e. The van der Waals surface area contributed by atoms with Crippen LogP contribution in [-0.2, 0) is 0 Å². The predicted molar refractivity (Wildman–Crippen MR) is 51.8 cm³/mol. The second-order valence-corrected chi connectivity index (χ2v) is 3.44. The third-order valence-electron chi connectivity index (χ3n) is 1.68. The van der Waals surface area contributed by atoms with Crippen LogP contribution >= 0.6 is 11.6 Å². The van der Waals surface area contributed by atoms with Crippen LogP contribution in [0.25, 0.3) is 11.5 Å². The van der Waals surface area contributed by atoms with E-state index >= 15 is 0 Å². The van der Waals surface area contributed by atoms with E-state index < -0.39 is 0 Å². The Morgan fingerprint density at radius 2 is 2.29 bits per heavy atom. The number of halogens is 1. The molecule has 2 aromatic heterocycles. The van der Waals surface area contributed by atoms with Gasteiger partial charge in [-0.3, -0.25) is 4.98 Å². The molecule has 14 heavy (non-hydrogen) atoms. The Kier molecular flexibility index (Phi) is 2.45. The highest BCUT2D eigenvalue weighted by Crippen LogP contribution is 2.20. The summed E-state index contributed by atoms with van der Waals surface area (Å²) in [4.78, 5) is 8.20. The van der Waals surface area contributed by atoms with Crippen molar-refractivity contribution in [1.29, 1.82) is 0 Å². The molecule has 0 aliphatic heterocycles. The van der Waals surface area contributed by atoms with Crippen molar-refractivity contribution in [2.24, 2.45) is 0 Å². The van der Waals surface area contributed by atoms with Crippen LogP contribution in [0.15, 0.2) is 28.9 Å². The Labute approximate surface area is 85.9 Å². The van der Waals surface area contributed by atoms with Gasteiger partial charge in [0.05, 0.1) is 0 Å². The van der Waals surface area contributed by atoms with Gasteiger partial charge >= 0.3 is 0 Å². The molecule has 0 amide bonds. The monoisotopic (exact) mass is 209 g/mol. The van der Waals surface area contributed by atoms with E-state index in [4.69, 9.17) is 16.1 Å². The van der Waals surface area contributed by atoms with Crippen LogP contribution in [0.4, 0.5) is 0 Å². The summed E-state index contributed by atoms with van der Waals surface area (Å²) in [6.07, 6.45) is 1.68. The van der Waals surface area contributed by atoms with Crippen molar-refractivity contribution in [2.75, 3.05) is 0 Å². The van der Waals surface area contributed by atoms with Crippen LogP contribution in [0, 0.1) is 0 Å². The van der Waals surface area contributed by atoms with Gasteiger partial charge in [0.1, 0.15) is 11.1 Å². The van der Waals surface area contributed by atoms with Crippen LogP contribution in [-0.4, -0.2) is 15.1 Å². The Balaban J connectivity index is 2.34. The fraction of sp³-hybridized carbons (Fsp3) is 0.222. The first-order valence-corrected chi connectivity index (χ1v) is 4.60. The summed E-state index contributed by atoms with van der Waals surface area (Å²) >= 11 is 5.79. The zero-order chi connectivity index (χ0) is 9.97. The number of rotatable bonds is 2. The third-order valence-corrected chi connectivity index (χ3v) is 1.86. The summed E-state index contributed by atoms with van der Waals surface area (Å²) in [5, 5.41) is 3.50. The zero-order valence-corrected chi connectivity index (χ0v) is 8.27. The lowest BCUT2D eigenvalue weighted by Gasteiger charge is -1.91. The molecule has 1 unspecified atom stereocenters. The van der Waals surface area contributed by atoms with E-state index in [1.165, 1.54) is 0 Å². The van der Waals surface area contributed by atoms with Gasteiger partial charge in [-0.1, -0.05) is 11.2 Å². The van der Waals surface area contributed by atoms with Crippen LogP contribution < -0.4 is 0 Å². The maximum absolute atomic E-state index is 5.79. The summed E-state index contributed by atoms with van der Waals surface area (Å²) in [5.74, 6) is 0.875. The minimum atomic E-state index is -0.278. The molecular weight excluding hydrogens is 202 g/mol. The molecule has 0 aliphatic rings. The smallest absolute Gasteiger partial charge is 0.244 e. The van der Waals surface area contributed by atoms with Gasteiger partial charge in [-0.05, 0) is 19.1 Å². The van der Waals surface area contributed by atoms with Gasteiger partial charge in [-0.15, -0.1) is 11.6 Å². The molecule has 0 aromatic carbocycles. The van der Waals surface area contributed by atoms with Crippen LogP contribution in [0.2, 0.25) is 0 Å². The Bertz CT molecular complexity index is 413. The van der Waals surface area contributed by atoms with Gasteiger partial charge in [-0.25, -0.2) is 0 Å². The lowest BCUT2D eigenvalue weighted by atomic mass is 10.3. The average molecular weight is 210 g/mol. The SMILES string of the molecule is CC(Cl)c1nc(-c2ccccn2)no1. The van der Waals surface area contributed by atoms with Crippen molar-refractivity contribution in [3.8, 4) is 11.5 Å². The van der Waals surface area contributed by atoms with Crippen molar-refractivity contribution in [1.82, 2.24) is 15.1 Å². The normalized spacial score (nSPS) is 12.7. The zero-order valence-electron chi connectivity index (χ0n) is 7.51. The summed E-state index contributed by atoms with van der Waals surface area (Å²) in [7, 11) is 0. The van der Waals surface area contributed by atoms with E-state index in [0.717, 1.165) is 0 Å². The van der Waals surface area contributed by atoms with E-state index in [1.54, 1.807) is 13.1 Å². The molecule has 0 fully saturated rings. The van der Waals surface area contributed by atoms with Crippen LogP contribution in [0.1, 0.15) is 18.2 Å². The highest BCUT2D eigenvalue weighted by Gasteiger charge is 2.12. The molecular formula is C9H8ClN3O. The van der Waals surface area contributed by atoms with Crippen molar-refractivity contribution in [3.63, 3.8) is 0 Å². The molecule has 0 saturated carbocycles. The molecule has 2 heterocycles. The number of nitrogens with zero attached hydrogens (tertiary/aromatic N) is 3. The molecule has 1 atom stereocenters. The van der Waals surface area contributed by atoms with Gasteiger partial charge in [0.15, 0.2) is 0 Å². The number of hydrogen-bond acceptors (Lipinski definition) is 4. The summed E-state index contributed by atoms with van der Waals surface area (Å²) in [6.45, 7) is 1.78. The first-order chi connectivity index (χ1) is 6.77. The predicted octanol–water partition coefficient (Wildman–Crippen LogP) is 2.43. The molecule has 4 nitrogen and oxygen atoms in total. The van der Waals surface area contributed by atoms with E-state index in [1.807, 2.05) is 18.2 Å². The highest BCUT2D eigenvalue weighted by molar-refractivity contribution is 6.20. The molecule has 2 rings (SSSR count). The molecule has 0 spiro atoms. The first kappa shape index (κ1) is 9.15. The number of hydrogen-bond donors (Lipinski definition) is 0. The first-order valence-electron chi connectivity index (χ1n) is 4.16. The van der Waals surface area contributed by atoms with E-state index in [-0.39, 0.29) is 5.38 Å². The number of aromatic nitrogens is 3. The van der Waals surface area contributed by atoms with Gasteiger partial charge in [0, 0.05) is 6.20 Å². The molecule has 0 aliphatic carbocycles. The van der Waals surface area contributed by atoms with Crippen LogP contribution in [0.5, 0.6) is 0 Å². The van der Waals surface area contributed by atoms with Crippen molar-refractivity contribution < 1.29 is 4.52 Å². The average Bonchev–Trinajstić information content (AvgIpc) is 2.68. The van der Waals surface area contributed by atoms with Gasteiger partial charge in [0.2, 0.25) is 11.7 Å². The third kappa shape index (κ3) is 1.75. The van der Waals surface area contributed by atoms with E-state index in [2.05, 4.69) is 15.1 Å². The number of alkyl halides is 1. The number of pyridine rings is 1. The molecule has 72 valence electrons. The van der Waals surface area contributed by atoms with Gasteiger partial charge in [0.25, 0.3) is 0 Å². The topological polar surface area (TPSA) is 51.8 Å². The lowest BCUT2D eigenvalue weighted by Crippen LogP contribution is -1.86. The second-order valence-electron chi connectivity index (χ2n) is 2.79. The highest BCUT2D eigenvalue weighted by atomic mass is 35.5. The fourth-order valence-corrected chi connectivity index (χ4v) is 1.08. The fourth-order valence-electron chi connectivity index (χ4n) is 0.996. The van der Waals surface area contributed by atoms with Crippen molar-refractivity contribution in [3.05, 3.63) is 30.3 Å². The lowest BCUT2D eigenvalue weighted by molar-refractivity contribution is 0.379. The Morgan fingerprint density at radius 3 is 2.86 bits per heavy atom. The maximum Gasteiger partial charge on any atom is 0.244 e. The Morgan fingerprint density at radius 1 is 1.43 bits per heavy atom. The minimum Gasteiger partial charge on any atom is -0.337 e. The van der Waals surface area contributed by atoms with E-state index in [9.17, 15) is 0 Å². The van der Waals surface area contributed by atoms with E-state index in [0.29, 0.717) is 17.4 Å². The maximum atomic E-state index is 5.79. The summed E-state index contributed by atoms with van der Waals surface area (Å²) in [6, 6.07) is 5.50. The second kappa shape index (κ2) is 3.75. The van der Waals surface area contributed by atoms with Crippen molar-refractivity contribution >= 4 is 11.6 Å². The summed E-state index contributed by atoms with van der Waals surface area (Å²) in [5.41, 5.74) is 0.680. The molecule has 2 aromatic rings. The molecule has 0 N–H and O–H groups in total. The molecule has 0 radical (unpaired) electrons. The Hall–Kier alpha value is -1.42. The molecule has 0 saturated heterocycles. The van der Waals surface area contributed by atoms with Crippen molar-refractivity contribution in [2.45, 2.75) is 12.3 Å². The quantitative estimate of drug-likeness (QED) is 0.713. The molecule has 0 bridgehead atoms. The van der Waals surface area contributed by atoms with Crippen LogP contribution in [0.3, 0.4) is 0 Å². The minimum absolute atomic E-state index is 0.278.